The Morgan fingerprint density at radius 1 is 1.07 bits per heavy atom. The Bertz CT molecular complexity index is 960. The van der Waals surface area contributed by atoms with Gasteiger partial charge in [-0.15, -0.1) is 0 Å². The molecule has 1 heterocycles. The van der Waals surface area contributed by atoms with Gasteiger partial charge >= 0.3 is 0 Å². The summed E-state index contributed by atoms with van der Waals surface area (Å²) >= 11 is 0. The first-order valence-electron chi connectivity index (χ1n) is 9.64. The van der Waals surface area contributed by atoms with Crippen molar-refractivity contribution in [2.45, 2.75) is 26.3 Å². The molecular formula is C23H26N4O2. The third-order valence-electron chi connectivity index (χ3n) is 4.61. The van der Waals surface area contributed by atoms with Crippen LogP contribution in [0.3, 0.4) is 0 Å². The molecule has 0 fully saturated rings. The van der Waals surface area contributed by atoms with E-state index in [0.29, 0.717) is 30.3 Å². The summed E-state index contributed by atoms with van der Waals surface area (Å²) in [5, 5.41) is 6.27. The molecule has 0 saturated carbocycles. The van der Waals surface area contributed by atoms with Gasteiger partial charge in [-0.3, -0.25) is 4.79 Å². The van der Waals surface area contributed by atoms with E-state index in [1.807, 2.05) is 42.5 Å². The topological polar surface area (TPSA) is 76.1 Å². The van der Waals surface area contributed by atoms with Gasteiger partial charge in [0.15, 0.2) is 0 Å². The van der Waals surface area contributed by atoms with Crippen LogP contribution in [-0.4, -0.2) is 29.5 Å². The predicted octanol–water partition coefficient (Wildman–Crippen LogP) is 3.94. The summed E-state index contributed by atoms with van der Waals surface area (Å²) in [6, 6.07) is 19.6. The highest BCUT2D eigenvalue weighted by Crippen LogP contribution is 2.19. The monoisotopic (exact) mass is 390 g/mol. The Labute approximate surface area is 171 Å². The molecular weight excluding hydrogens is 364 g/mol. The van der Waals surface area contributed by atoms with Gasteiger partial charge in [-0.25, -0.2) is 9.97 Å². The van der Waals surface area contributed by atoms with E-state index in [1.54, 1.807) is 20.1 Å². The average molecular weight is 390 g/mol. The van der Waals surface area contributed by atoms with Gasteiger partial charge in [0.25, 0.3) is 5.91 Å². The van der Waals surface area contributed by atoms with Gasteiger partial charge in [-0.05, 0) is 37.5 Å². The number of para-hydroxylation sites is 1. The highest BCUT2D eigenvalue weighted by Gasteiger charge is 2.13. The summed E-state index contributed by atoms with van der Waals surface area (Å²) in [7, 11) is 1.64. The molecule has 0 aliphatic rings. The van der Waals surface area contributed by atoms with Crippen LogP contribution in [-0.2, 0) is 6.42 Å². The van der Waals surface area contributed by atoms with E-state index in [9.17, 15) is 4.79 Å². The molecule has 6 heteroatoms. The quantitative estimate of drug-likeness (QED) is 0.609. The van der Waals surface area contributed by atoms with Crippen molar-refractivity contribution in [2.24, 2.45) is 0 Å². The number of aryl methyl sites for hydroxylation is 1. The van der Waals surface area contributed by atoms with Crippen LogP contribution in [0.2, 0.25) is 0 Å². The molecule has 29 heavy (non-hydrogen) atoms. The lowest BCUT2D eigenvalue weighted by atomic mass is 10.1. The van der Waals surface area contributed by atoms with Crippen LogP contribution in [0, 0.1) is 6.92 Å². The molecule has 3 rings (SSSR count). The molecule has 150 valence electrons. The molecule has 1 atom stereocenters. The van der Waals surface area contributed by atoms with E-state index >= 15 is 0 Å². The Morgan fingerprint density at radius 2 is 1.79 bits per heavy atom. The maximum Gasteiger partial charge on any atom is 0.270 e. The fourth-order valence-electron chi connectivity index (χ4n) is 3.12. The number of nitrogens with one attached hydrogen (secondary N) is 2. The van der Waals surface area contributed by atoms with Crippen molar-refractivity contribution >= 4 is 11.7 Å². The van der Waals surface area contributed by atoms with Crippen molar-refractivity contribution in [1.82, 2.24) is 15.3 Å². The lowest BCUT2D eigenvalue weighted by Crippen LogP contribution is -2.27. The molecule has 1 amide bonds. The standard InChI is InChI=1S/C23H26N4O2/c1-16(18-9-5-4-6-10-18)25-22-15-20(26-17(2)27-22)23(28)24-14-13-19-11-7-8-12-21(19)29-3/h4-12,15-16H,13-14H2,1-3H3,(H,24,28)(H,25,26,27). The van der Waals surface area contributed by atoms with Crippen LogP contribution in [0.5, 0.6) is 5.75 Å². The van der Waals surface area contributed by atoms with Crippen molar-refractivity contribution in [3.8, 4) is 5.75 Å². The molecule has 0 radical (unpaired) electrons. The molecule has 2 N–H and O–H groups in total. The third-order valence-corrected chi connectivity index (χ3v) is 4.61. The Morgan fingerprint density at radius 3 is 2.55 bits per heavy atom. The molecule has 6 nitrogen and oxygen atoms in total. The van der Waals surface area contributed by atoms with Gasteiger partial charge in [-0.2, -0.15) is 0 Å². The van der Waals surface area contributed by atoms with Gasteiger partial charge in [0.2, 0.25) is 0 Å². The van der Waals surface area contributed by atoms with E-state index in [0.717, 1.165) is 16.9 Å². The molecule has 0 aliphatic carbocycles. The number of rotatable bonds is 8. The van der Waals surface area contributed by atoms with Crippen molar-refractivity contribution in [2.75, 3.05) is 19.0 Å². The number of aromatic nitrogens is 2. The number of hydrogen-bond donors (Lipinski definition) is 2. The van der Waals surface area contributed by atoms with E-state index in [2.05, 4.69) is 39.7 Å². The first-order chi connectivity index (χ1) is 14.1. The summed E-state index contributed by atoms with van der Waals surface area (Å²) in [6.07, 6.45) is 0.677. The maximum atomic E-state index is 12.6. The number of hydrogen-bond acceptors (Lipinski definition) is 5. The second-order valence-electron chi connectivity index (χ2n) is 6.78. The predicted molar refractivity (Wildman–Crippen MR) is 114 cm³/mol. The highest BCUT2D eigenvalue weighted by molar-refractivity contribution is 5.92. The van der Waals surface area contributed by atoms with E-state index in [1.165, 1.54) is 0 Å². The minimum Gasteiger partial charge on any atom is -0.496 e. The first kappa shape index (κ1) is 20.3. The van der Waals surface area contributed by atoms with Gasteiger partial charge in [0.05, 0.1) is 7.11 Å². The Kier molecular flexibility index (Phi) is 6.79. The largest absolute Gasteiger partial charge is 0.496 e. The summed E-state index contributed by atoms with van der Waals surface area (Å²) in [5.41, 5.74) is 2.54. The lowest BCUT2D eigenvalue weighted by Gasteiger charge is -2.16. The summed E-state index contributed by atoms with van der Waals surface area (Å²) in [6.45, 7) is 4.33. The number of carbonyl (C=O) groups excluding carboxylic acids is 1. The fraction of sp³-hybridized carbons (Fsp3) is 0.261. The van der Waals surface area contributed by atoms with Crippen molar-refractivity contribution < 1.29 is 9.53 Å². The fourth-order valence-corrected chi connectivity index (χ4v) is 3.12. The normalized spacial score (nSPS) is 11.6. The molecule has 1 unspecified atom stereocenters. The zero-order chi connectivity index (χ0) is 20.6. The maximum absolute atomic E-state index is 12.6. The van der Waals surface area contributed by atoms with Crippen LogP contribution >= 0.6 is 0 Å². The first-order valence-corrected chi connectivity index (χ1v) is 9.64. The molecule has 0 saturated heterocycles. The number of carbonyl (C=O) groups is 1. The zero-order valence-electron chi connectivity index (χ0n) is 17.0. The Balaban J connectivity index is 1.63. The molecule has 3 aromatic rings. The minimum atomic E-state index is -0.221. The summed E-state index contributed by atoms with van der Waals surface area (Å²) < 4.78 is 5.35. The zero-order valence-corrected chi connectivity index (χ0v) is 17.0. The summed E-state index contributed by atoms with van der Waals surface area (Å²) in [5.74, 6) is 1.77. The van der Waals surface area contributed by atoms with Crippen LogP contribution in [0.1, 0.15) is 40.4 Å². The lowest BCUT2D eigenvalue weighted by molar-refractivity contribution is 0.0948. The van der Waals surface area contributed by atoms with E-state index in [4.69, 9.17) is 4.74 Å². The smallest absolute Gasteiger partial charge is 0.270 e. The summed E-state index contributed by atoms with van der Waals surface area (Å²) in [4.78, 5) is 21.3. The van der Waals surface area contributed by atoms with Gasteiger partial charge in [-0.1, -0.05) is 48.5 Å². The number of nitrogens with zero attached hydrogens (tertiary/aromatic N) is 2. The van der Waals surface area contributed by atoms with E-state index in [-0.39, 0.29) is 11.9 Å². The number of ether oxygens (including phenoxy) is 1. The van der Waals surface area contributed by atoms with Gasteiger partial charge in [0.1, 0.15) is 23.1 Å². The SMILES string of the molecule is COc1ccccc1CCNC(=O)c1cc(NC(C)c2ccccc2)nc(C)n1. The average Bonchev–Trinajstić information content (AvgIpc) is 2.74. The number of benzene rings is 2. The number of amides is 1. The number of methoxy groups -OCH3 is 1. The minimum absolute atomic E-state index is 0.0620. The van der Waals surface area contributed by atoms with Crippen molar-refractivity contribution in [3.05, 3.63) is 83.3 Å². The van der Waals surface area contributed by atoms with Gasteiger partial charge < -0.3 is 15.4 Å². The van der Waals surface area contributed by atoms with Gasteiger partial charge in [0, 0.05) is 18.7 Å². The van der Waals surface area contributed by atoms with Crippen molar-refractivity contribution in [1.29, 1.82) is 0 Å². The van der Waals surface area contributed by atoms with Crippen LogP contribution in [0.15, 0.2) is 60.7 Å². The second-order valence-corrected chi connectivity index (χ2v) is 6.78. The number of anilines is 1. The van der Waals surface area contributed by atoms with E-state index < -0.39 is 0 Å². The molecule has 1 aromatic heterocycles. The molecule has 0 spiro atoms. The highest BCUT2D eigenvalue weighted by atomic mass is 16.5. The van der Waals surface area contributed by atoms with Crippen molar-refractivity contribution in [3.63, 3.8) is 0 Å². The molecule has 2 aromatic carbocycles. The molecule has 0 bridgehead atoms. The van der Waals surface area contributed by atoms with Crippen LogP contribution in [0.4, 0.5) is 5.82 Å². The second kappa shape index (κ2) is 9.68. The third kappa shape index (κ3) is 5.54. The van der Waals surface area contributed by atoms with Crippen LogP contribution in [0.25, 0.3) is 0 Å². The molecule has 0 aliphatic heterocycles. The Hall–Kier alpha value is -3.41. The van der Waals surface area contributed by atoms with Crippen LogP contribution < -0.4 is 15.4 Å².